The third-order valence-corrected chi connectivity index (χ3v) is 7.53. The highest BCUT2D eigenvalue weighted by Gasteiger charge is 2.18. The Morgan fingerprint density at radius 3 is 2.23 bits per heavy atom. The van der Waals surface area contributed by atoms with Crippen LogP contribution in [0.1, 0.15) is 43.8 Å². The van der Waals surface area contributed by atoms with Gasteiger partial charge in [-0.2, -0.15) is 0 Å². The Morgan fingerprint density at radius 2 is 1.58 bits per heavy atom. The Balaban J connectivity index is 1.20. The summed E-state index contributed by atoms with van der Waals surface area (Å²) >= 11 is 13.0. The van der Waals surface area contributed by atoms with E-state index in [2.05, 4.69) is 20.8 Å². The Morgan fingerprint density at radius 1 is 0.930 bits per heavy atom. The molecule has 0 aliphatic heterocycles. The van der Waals surface area contributed by atoms with Gasteiger partial charge in [0.15, 0.2) is 5.01 Å². The number of amides is 2. The second-order valence-electron chi connectivity index (χ2n) is 9.06. The number of carbonyl (C=O) groups excluding carboxylic acids is 3. The number of carbonyl (C=O) groups is 3. The zero-order valence-electron chi connectivity index (χ0n) is 22.6. The molecule has 13 heteroatoms. The molecule has 10 nitrogen and oxygen atoms in total. The molecule has 0 saturated heterocycles. The summed E-state index contributed by atoms with van der Waals surface area (Å²) in [5.41, 5.74) is 2.56. The highest BCUT2D eigenvalue weighted by molar-refractivity contribution is 7.18. The fraction of sp³-hybridized carbons (Fsp3) is 0.100. The van der Waals surface area contributed by atoms with Gasteiger partial charge in [-0.1, -0.05) is 34.5 Å². The number of esters is 1. The van der Waals surface area contributed by atoms with Crippen molar-refractivity contribution < 1.29 is 28.6 Å². The molecule has 218 valence electrons. The topological polar surface area (TPSA) is 144 Å². The van der Waals surface area contributed by atoms with E-state index >= 15 is 0 Å². The number of benzene rings is 3. The summed E-state index contributed by atoms with van der Waals surface area (Å²) in [6.45, 7) is 3.69. The molecule has 0 unspecified atom stereocenters. The number of hydrogen-bond donors (Lipinski definition) is 3. The van der Waals surface area contributed by atoms with Crippen LogP contribution in [0.2, 0.25) is 10.0 Å². The summed E-state index contributed by atoms with van der Waals surface area (Å²) in [5, 5.41) is 24.5. The van der Waals surface area contributed by atoms with Gasteiger partial charge in [0.05, 0.1) is 17.2 Å². The number of phenolic OH excluding ortho intramolecular Hbond substituents is 1. The number of nitrogens with zero attached hydrogens (tertiary/aromatic N) is 2. The van der Waals surface area contributed by atoms with Crippen LogP contribution in [-0.2, 0) is 4.74 Å². The van der Waals surface area contributed by atoms with Crippen LogP contribution in [0.5, 0.6) is 5.75 Å². The van der Waals surface area contributed by atoms with Crippen molar-refractivity contribution in [3.05, 3.63) is 99.2 Å². The molecule has 0 saturated carbocycles. The lowest BCUT2D eigenvalue weighted by Gasteiger charge is -2.07. The SMILES string of the molecule is CCOC(=O)c1cc(-c2ccc(NC(=O)c3ccc(C(=O)Nc4nnc(-c5cc(Cl)cc(Cl)c5O)s4)cc3)cc2)oc1C. The van der Waals surface area contributed by atoms with Crippen molar-refractivity contribution in [2.24, 2.45) is 0 Å². The molecule has 0 radical (unpaired) electrons. The molecular weight excluding hydrogens is 615 g/mol. The van der Waals surface area contributed by atoms with Crippen molar-refractivity contribution in [1.29, 1.82) is 0 Å². The number of phenols is 1. The summed E-state index contributed by atoms with van der Waals surface area (Å²) < 4.78 is 10.8. The molecule has 0 atom stereocenters. The number of rotatable bonds is 8. The first-order chi connectivity index (χ1) is 20.6. The van der Waals surface area contributed by atoms with Crippen molar-refractivity contribution in [2.45, 2.75) is 13.8 Å². The smallest absolute Gasteiger partial charge is 0.341 e. The van der Waals surface area contributed by atoms with E-state index in [0.29, 0.717) is 49.5 Å². The quantitative estimate of drug-likeness (QED) is 0.149. The van der Waals surface area contributed by atoms with Gasteiger partial charge in [-0.3, -0.25) is 14.9 Å². The van der Waals surface area contributed by atoms with Gasteiger partial charge < -0.3 is 19.6 Å². The van der Waals surface area contributed by atoms with Crippen LogP contribution in [0, 0.1) is 6.92 Å². The summed E-state index contributed by atoms with van der Waals surface area (Å²) in [6.07, 6.45) is 0. The molecule has 5 rings (SSSR count). The number of hydrogen-bond acceptors (Lipinski definition) is 9. The van der Waals surface area contributed by atoms with Gasteiger partial charge in [-0.25, -0.2) is 4.79 Å². The fourth-order valence-corrected chi connectivity index (χ4v) is 5.26. The number of ether oxygens (including phenoxy) is 1. The lowest BCUT2D eigenvalue weighted by Crippen LogP contribution is -2.14. The lowest BCUT2D eigenvalue weighted by atomic mass is 10.1. The van der Waals surface area contributed by atoms with Gasteiger partial charge in [0.2, 0.25) is 5.13 Å². The number of nitrogens with one attached hydrogen (secondary N) is 2. The molecule has 0 spiro atoms. The van der Waals surface area contributed by atoms with Gasteiger partial charge in [-0.15, -0.1) is 10.2 Å². The predicted molar refractivity (Wildman–Crippen MR) is 164 cm³/mol. The molecule has 5 aromatic rings. The monoisotopic (exact) mass is 636 g/mol. The van der Waals surface area contributed by atoms with Gasteiger partial charge in [0.25, 0.3) is 11.8 Å². The maximum atomic E-state index is 12.8. The molecule has 0 aliphatic carbocycles. The third kappa shape index (κ3) is 6.69. The predicted octanol–water partition coefficient (Wildman–Crippen LogP) is 7.47. The van der Waals surface area contributed by atoms with Crippen LogP contribution in [0.25, 0.3) is 21.9 Å². The van der Waals surface area contributed by atoms with Crippen LogP contribution in [0.3, 0.4) is 0 Å². The molecule has 2 amide bonds. The first-order valence-corrected chi connectivity index (χ1v) is 14.3. The molecule has 3 N–H and O–H groups in total. The first-order valence-electron chi connectivity index (χ1n) is 12.8. The Kier molecular flexibility index (Phi) is 8.76. The molecular formula is C30H22Cl2N4O6S. The Labute approximate surface area is 259 Å². The molecule has 3 aromatic carbocycles. The Hall–Kier alpha value is -4.71. The fourth-order valence-electron chi connectivity index (χ4n) is 4.01. The number of aryl methyl sites for hydroxylation is 1. The van der Waals surface area contributed by atoms with E-state index in [1.165, 1.54) is 36.4 Å². The zero-order chi connectivity index (χ0) is 30.7. The average Bonchev–Trinajstić information content (AvgIpc) is 3.62. The molecule has 0 fully saturated rings. The van der Waals surface area contributed by atoms with E-state index < -0.39 is 11.9 Å². The van der Waals surface area contributed by atoms with Crippen LogP contribution >= 0.6 is 34.5 Å². The van der Waals surface area contributed by atoms with Crippen LogP contribution in [-0.4, -0.2) is 39.7 Å². The standard InChI is InChI=1S/C30H22Cl2N4O6S/c1-3-41-29(40)21-14-24(42-15(21)2)16-8-10-20(11-9-16)33-26(38)17-4-6-18(7-5-17)27(39)34-30-36-35-28(43-30)22-12-19(31)13-23(32)25(22)37/h4-14,37H,3H2,1-2H3,(H,33,38)(H,34,36,39). The first kappa shape index (κ1) is 29.8. The zero-order valence-corrected chi connectivity index (χ0v) is 24.9. The minimum absolute atomic E-state index is 0.0688. The summed E-state index contributed by atoms with van der Waals surface area (Å²) in [6, 6.07) is 17.6. The Bertz CT molecular complexity index is 1830. The van der Waals surface area contributed by atoms with Gasteiger partial charge >= 0.3 is 5.97 Å². The maximum Gasteiger partial charge on any atom is 0.341 e. The largest absolute Gasteiger partial charge is 0.506 e. The van der Waals surface area contributed by atoms with E-state index in [4.69, 9.17) is 32.4 Å². The van der Waals surface area contributed by atoms with Crippen molar-refractivity contribution in [3.8, 4) is 27.6 Å². The molecule has 2 aromatic heterocycles. The van der Waals surface area contributed by atoms with Crippen molar-refractivity contribution >= 4 is 63.1 Å². The second-order valence-corrected chi connectivity index (χ2v) is 10.9. The van der Waals surface area contributed by atoms with E-state index in [1.807, 2.05) is 0 Å². The number of furan rings is 1. The third-order valence-electron chi connectivity index (χ3n) is 6.15. The summed E-state index contributed by atoms with van der Waals surface area (Å²) in [4.78, 5) is 37.6. The van der Waals surface area contributed by atoms with Crippen LogP contribution in [0.4, 0.5) is 10.8 Å². The molecule has 0 aliphatic rings. The van der Waals surface area contributed by atoms with Gasteiger partial charge in [-0.05, 0) is 80.6 Å². The summed E-state index contributed by atoms with van der Waals surface area (Å²) in [7, 11) is 0. The van der Waals surface area contributed by atoms with E-state index in [0.717, 1.165) is 16.9 Å². The van der Waals surface area contributed by atoms with Crippen LogP contribution < -0.4 is 10.6 Å². The lowest BCUT2D eigenvalue weighted by molar-refractivity contribution is 0.0524. The number of halogens is 2. The number of anilines is 2. The molecule has 0 bridgehead atoms. The highest BCUT2D eigenvalue weighted by Crippen LogP contribution is 2.39. The maximum absolute atomic E-state index is 12.8. The van der Waals surface area contributed by atoms with Gasteiger partial charge in [0.1, 0.15) is 22.8 Å². The minimum Gasteiger partial charge on any atom is -0.506 e. The van der Waals surface area contributed by atoms with Crippen LogP contribution in [0.15, 0.2) is 71.1 Å². The number of aromatic hydroxyl groups is 1. The average molecular weight is 638 g/mol. The van der Waals surface area contributed by atoms with E-state index in [1.54, 1.807) is 44.2 Å². The highest BCUT2D eigenvalue weighted by atomic mass is 35.5. The van der Waals surface area contributed by atoms with Crippen molar-refractivity contribution in [1.82, 2.24) is 10.2 Å². The molecule has 2 heterocycles. The van der Waals surface area contributed by atoms with E-state index in [-0.39, 0.29) is 28.4 Å². The minimum atomic E-state index is -0.460. The number of aromatic nitrogens is 2. The molecule has 43 heavy (non-hydrogen) atoms. The van der Waals surface area contributed by atoms with Crippen molar-refractivity contribution in [3.63, 3.8) is 0 Å². The second kappa shape index (κ2) is 12.7. The van der Waals surface area contributed by atoms with Gasteiger partial charge in [0, 0.05) is 27.4 Å². The van der Waals surface area contributed by atoms with E-state index in [9.17, 15) is 19.5 Å². The van der Waals surface area contributed by atoms with Crippen molar-refractivity contribution in [2.75, 3.05) is 17.2 Å². The normalized spacial score (nSPS) is 10.8. The summed E-state index contributed by atoms with van der Waals surface area (Å²) in [5.74, 6) is -0.507.